The summed E-state index contributed by atoms with van der Waals surface area (Å²) >= 11 is 6.00. The molecule has 4 rings (SSSR count). The fraction of sp³-hybridized carbons (Fsp3) is 0.100. The Morgan fingerprint density at radius 1 is 1.21 bits per heavy atom. The highest BCUT2D eigenvalue weighted by Gasteiger charge is 2.17. The number of benzene rings is 2. The first-order chi connectivity index (χ1) is 13.5. The maximum absolute atomic E-state index is 12.7. The molecule has 0 saturated heterocycles. The van der Waals surface area contributed by atoms with Crippen molar-refractivity contribution in [2.45, 2.75) is 6.54 Å². The van der Waals surface area contributed by atoms with E-state index in [0.717, 1.165) is 5.56 Å². The molecule has 0 atom stereocenters. The maximum Gasteiger partial charge on any atom is 0.280 e. The van der Waals surface area contributed by atoms with Gasteiger partial charge in [-0.15, -0.1) is 0 Å². The number of aryl methyl sites for hydroxylation is 1. The van der Waals surface area contributed by atoms with Crippen LogP contribution in [0.1, 0.15) is 16.1 Å². The number of fused-ring (bicyclic) bond motifs is 1. The number of nitrogens with one attached hydrogen (secondary N) is 1. The first-order valence-electron chi connectivity index (χ1n) is 8.54. The summed E-state index contributed by atoms with van der Waals surface area (Å²) in [6.45, 7) is 0.623. The molecule has 0 spiro atoms. The number of anilines is 1. The number of carbonyl (C=O) groups excluding carboxylic acids is 1. The van der Waals surface area contributed by atoms with Crippen LogP contribution in [-0.2, 0) is 13.6 Å². The van der Waals surface area contributed by atoms with E-state index in [1.54, 1.807) is 43.8 Å². The van der Waals surface area contributed by atoms with Crippen LogP contribution in [0.2, 0.25) is 5.02 Å². The summed E-state index contributed by atoms with van der Waals surface area (Å²) in [4.78, 5) is 29.5. The van der Waals surface area contributed by atoms with Crippen LogP contribution in [0.5, 0.6) is 0 Å². The minimum Gasteiger partial charge on any atom is -0.333 e. The van der Waals surface area contributed by atoms with Crippen molar-refractivity contribution in [1.29, 1.82) is 0 Å². The molecule has 2 aromatic heterocycles. The van der Waals surface area contributed by atoms with Crippen LogP contribution in [0, 0.1) is 0 Å². The topological polar surface area (TPSA) is 81.8 Å². The first-order valence-corrected chi connectivity index (χ1v) is 8.91. The van der Waals surface area contributed by atoms with Crippen molar-refractivity contribution in [3.05, 3.63) is 87.7 Å². The molecule has 0 radical (unpaired) electrons. The van der Waals surface area contributed by atoms with E-state index in [4.69, 9.17) is 11.6 Å². The lowest BCUT2D eigenvalue weighted by Crippen LogP contribution is -2.26. The zero-order valence-electron chi connectivity index (χ0n) is 15.0. The molecule has 140 valence electrons. The normalized spacial score (nSPS) is 10.9. The van der Waals surface area contributed by atoms with Gasteiger partial charge in [0.2, 0.25) is 5.43 Å². The number of amides is 1. The van der Waals surface area contributed by atoms with Gasteiger partial charge in [0.05, 0.1) is 17.2 Å². The Kier molecular flexibility index (Phi) is 4.67. The molecule has 0 aliphatic heterocycles. The van der Waals surface area contributed by atoms with Gasteiger partial charge < -0.3 is 9.88 Å². The molecule has 0 fully saturated rings. The summed E-state index contributed by atoms with van der Waals surface area (Å²) in [7, 11) is 1.68. The molecule has 8 heteroatoms. The van der Waals surface area contributed by atoms with Gasteiger partial charge in [0.15, 0.2) is 5.69 Å². The number of nitrogens with zero attached hydrogens (tertiary/aromatic N) is 4. The number of carbonyl (C=O) groups is 1. The van der Waals surface area contributed by atoms with Crippen LogP contribution in [-0.4, -0.2) is 25.2 Å². The van der Waals surface area contributed by atoms with Crippen molar-refractivity contribution >= 4 is 34.1 Å². The lowest BCUT2D eigenvalue weighted by atomic mass is 10.1. The van der Waals surface area contributed by atoms with E-state index in [0.29, 0.717) is 28.2 Å². The van der Waals surface area contributed by atoms with E-state index in [2.05, 4.69) is 15.4 Å². The molecule has 7 nitrogen and oxygen atoms in total. The van der Waals surface area contributed by atoms with E-state index >= 15 is 0 Å². The third kappa shape index (κ3) is 3.52. The Morgan fingerprint density at radius 2 is 2.07 bits per heavy atom. The molecule has 1 N–H and O–H groups in total. The van der Waals surface area contributed by atoms with Crippen molar-refractivity contribution in [2.24, 2.45) is 7.05 Å². The Balaban J connectivity index is 1.64. The van der Waals surface area contributed by atoms with Crippen LogP contribution in [0.4, 0.5) is 5.69 Å². The van der Waals surface area contributed by atoms with E-state index in [9.17, 15) is 9.59 Å². The minimum absolute atomic E-state index is 0.183. The highest BCUT2D eigenvalue weighted by molar-refractivity contribution is 6.31. The zero-order chi connectivity index (χ0) is 19.7. The van der Waals surface area contributed by atoms with E-state index in [1.165, 1.54) is 4.68 Å². The van der Waals surface area contributed by atoms with Crippen LogP contribution < -0.4 is 10.7 Å². The number of halogens is 1. The zero-order valence-corrected chi connectivity index (χ0v) is 15.7. The van der Waals surface area contributed by atoms with E-state index < -0.39 is 11.3 Å². The highest BCUT2D eigenvalue weighted by atomic mass is 35.5. The van der Waals surface area contributed by atoms with Gasteiger partial charge in [0.1, 0.15) is 0 Å². The Morgan fingerprint density at radius 3 is 2.86 bits per heavy atom. The molecule has 28 heavy (non-hydrogen) atoms. The van der Waals surface area contributed by atoms with Gasteiger partial charge in [-0.1, -0.05) is 23.7 Å². The van der Waals surface area contributed by atoms with Crippen molar-refractivity contribution in [3.8, 4) is 0 Å². The number of hydrogen-bond acceptors (Lipinski definition) is 4. The molecule has 0 aliphatic carbocycles. The molecule has 2 aromatic carbocycles. The van der Waals surface area contributed by atoms with Crippen LogP contribution in [0.3, 0.4) is 0 Å². The number of imidazole rings is 1. The predicted octanol–water partition coefficient (Wildman–Crippen LogP) is 3.08. The van der Waals surface area contributed by atoms with Crippen molar-refractivity contribution in [1.82, 2.24) is 19.3 Å². The summed E-state index contributed by atoms with van der Waals surface area (Å²) in [6.07, 6.45) is 5.29. The minimum atomic E-state index is -0.567. The van der Waals surface area contributed by atoms with E-state index in [-0.39, 0.29) is 5.69 Å². The second-order valence-electron chi connectivity index (χ2n) is 6.35. The van der Waals surface area contributed by atoms with Gasteiger partial charge in [0, 0.05) is 36.7 Å². The lowest BCUT2D eigenvalue weighted by molar-refractivity contribution is 0.101. The maximum atomic E-state index is 12.7. The van der Waals surface area contributed by atoms with Crippen molar-refractivity contribution in [2.75, 3.05) is 5.32 Å². The van der Waals surface area contributed by atoms with Gasteiger partial charge in [-0.05, 0) is 35.9 Å². The van der Waals surface area contributed by atoms with Gasteiger partial charge in [-0.25, -0.2) is 4.98 Å². The molecule has 1 amide bonds. The third-order valence-electron chi connectivity index (χ3n) is 4.34. The molecule has 0 saturated carbocycles. The molecular weight excluding hydrogens is 378 g/mol. The monoisotopic (exact) mass is 393 g/mol. The summed E-state index contributed by atoms with van der Waals surface area (Å²) in [6, 6.07) is 12.3. The summed E-state index contributed by atoms with van der Waals surface area (Å²) in [5.41, 5.74) is 1.54. The van der Waals surface area contributed by atoms with Crippen LogP contribution >= 0.6 is 11.6 Å². The van der Waals surface area contributed by atoms with Crippen LogP contribution in [0.15, 0.2) is 66.0 Å². The molecule has 2 heterocycles. The largest absolute Gasteiger partial charge is 0.333 e. The van der Waals surface area contributed by atoms with Gasteiger partial charge in [-0.3, -0.25) is 14.3 Å². The SMILES string of the molecule is Cn1nc(C(=O)Nc2cccc(Cn3ccnc3)c2)c(=O)c2cc(Cl)ccc21. The number of hydrogen-bond donors (Lipinski definition) is 1. The standard InChI is InChI=1S/C20H16ClN5O2/c1-25-17-6-5-14(21)10-16(17)19(27)18(24-25)20(28)23-15-4-2-3-13(9-15)11-26-8-7-22-12-26/h2-10,12H,11H2,1H3,(H,23,28). The summed E-state index contributed by atoms with van der Waals surface area (Å²) in [5, 5.41) is 7.68. The molecular formula is C20H16ClN5O2. The van der Waals surface area contributed by atoms with Crippen molar-refractivity contribution in [3.63, 3.8) is 0 Å². The van der Waals surface area contributed by atoms with E-state index in [1.807, 2.05) is 29.0 Å². The smallest absolute Gasteiger partial charge is 0.280 e. The molecule has 4 aromatic rings. The average molecular weight is 394 g/mol. The van der Waals surface area contributed by atoms with Crippen molar-refractivity contribution < 1.29 is 4.79 Å². The highest BCUT2D eigenvalue weighted by Crippen LogP contribution is 2.17. The fourth-order valence-electron chi connectivity index (χ4n) is 3.03. The first kappa shape index (κ1) is 17.9. The molecule has 0 aliphatic rings. The lowest BCUT2D eigenvalue weighted by Gasteiger charge is -2.10. The Labute approximate surface area is 165 Å². The van der Waals surface area contributed by atoms with Gasteiger partial charge in [-0.2, -0.15) is 5.10 Å². The molecule has 0 unspecified atom stereocenters. The number of rotatable bonds is 4. The molecule has 0 bridgehead atoms. The van der Waals surface area contributed by atoms with Gasteiger partial charge in [0.25, 0.3) is 5.91 Å². The predicted molar refractivity (Wildman–Crippen MR) is 108 cm³/mol. The summed E-state index contributed by atoms with van der Waals surface area (Å²) < 4.78 is 3.42. The summed E-state index contributed by atoms with van der Waals surface area (Å²) in [5.74, 6) is -0.567. The quantitative estimate of drug-likeness (QED) is 0.577. The third-order valence-corrected chi connectivity index (χ3v) is 4.58. The fourth-order valence-corrected chi connectivity index (χ4v) is 3.20. The average Bonchev–Trinajstić information content (AvgIpc) is 3.17. The van der Waals surface area contributed by atoms with Gasteiger partial charge >= 0.3 is 0 Å². The number of aromatic nitrogens is 4. The Bertz CT molecular complexity index is 1230. The second-order valence-corrected chi connectivity index (χ2v) is 6.79. The second kappa shape index (κ2) is 7.28. The Hall–Kier alpha value is -3.45. The van der Waals surface area contributed by atoms with Crippen LogP contribution in [0.25, 0.3) is 10.9 Å².